The van der Waals surface area contributed by atoms with Gasteiger partial charge >= 0.3 is 0 Å². The Balaban J connectivity index is 1.88. The van der Waals surface area contributed by atoms with Crippen LogP contribution in [-0.4, -0.2) is 40.8 Å². The molecular formula is C18H19N5O3. The SMILES string of the molecule is COc1ccccc1C[C@@H](C(=O)Nc1ccccc1OC)c1nn[nH]n1. The van der Waals surface area contributed by atoms with Gasteiger partial charge in [0.15, 0.2) is 5.82 Å². The number of tetrazole rings is 1. The van der Waals surface area contributed by atoms with Crippen LogP contribution in [-0.2, 0) is 11.2 Å². The molecule has 1 aromatic heterocycles. The molecule has 0 aliphatic carbocycles. The molecule has 0 radical (unpaired) electrons. The molecule has 0 unspecified atom stereocenters. The number of aromatic amines is 1. The second kappa shape index (κ2) is 8.11. The lowest BCUT2D eigenvalue weighted by molar-refractivity contribution is -0.117. The lowest BCUT2D eigenvalue weighted by atomic mass is 9.97. The van der Waals surface area contributed by atoms with E-state index in [1.807, 2.05) is 36.4 Å². The van der Waals surface area contributed by atoms with E-state index >= 15 is 0 Å². The first-order valence-electron chi connectivity index (χ1n) is 8.02. The number of ether oxygens (including phenoxy) is 2. The number of para-hydroxylation sites is 3. The van der Waals surface area contributed by atoms with Crippen LogP contribution in [0.15, 0.2) is 48.5 Å². The molecule has 0 saturated carbocycles. The minimum absolute atomic E-state index is 0.262. The Morgan fingerprint density at radius 3 is 2.46 bits per heavy atom. The van der Waals surface area contributed by atoms with Crippen molar-refractivity contribution in [2.75, 3.05) is 19.5 Å². The number of carbonyl (C=O) groups is 1. The van der Waals surface area contributed by atoms with E-state index in [2.05, 4.69) is 25.9 Å². The number of amides is 1. The normalized spacial score (nSPS) is 11.6. The van der Waals surface area contributed by atoms with Crippen LogP contribution >= 0.6 is 0 Å². The van der Waals surface area contributed by atoms with Gasteiger partial charge in [0.1, 0.15) is 17.4 Å². The number of rotatable bonds is 7. The molecule has 2 N–H and O–H groups in total. The van der Waals surface area contributed by atoms with Crippen molar-refractivity contribution >= 4 is 11.6 Å². The highest BCUT2D eigenvalue weighted by Gasteiger charge is 2.27. The average molecular weight is 353 g/mol. The van der Waals surface area contributed by atoms with Crippen molar-refractivity contribution in [1.29, 1.82) is 0 Å². The average Bonchev–Trinajstić information content (AvgIpc) is 3.21. The molecule has 1 atom stereocenters. The lowest BCUT2D eigenvalue weighted by Crippen LogP contribution is -2.24. The van der Waals surface area contributed by atoms with Gasteiger partial charge in [0.2, 0.25) is 5.91 Å². The van der Waals surface area contributed by atoms with E-state index in [1.165, 1.54) is 0 Å². The van der Waals surface area contributed by atoms with Crippen LogP contribution in [0, 0.1) is 0 Å². The first-order valence-corrected chi connectivity index (χ1v) is 8.02. The zero-order valence-electron chi connectivity index (χ0n) is 14.5. The minimum Gasteiger partial charge on any atom is -0.496 e. The molecule has 1 amide bonds. The van der Waals surface area contributed by atoms with Crippen molar-refractivity contribution in [1.82, 2.24) is 20.6 Å². The van der Waals surface area contributed by atoms with Crippen LogP contribution in [0.3, 0.4) is 0 Å². The van der Waals surface area contributed by atoms with E-state index in [4.69, 9.17) is 9.47 Å². The maximum Gasteiger partial charge on any atom is 0.235 e. The predicted octanol–water partition coefficient (Wildman–Crippen LogP) is 2.18. The summed E-state index contributed by atoms with van der Waals surface area (Å²) >= 11 is 0. The number of methoxy groups -OCH3 is 2. The second-order valence-corrected chi connectivity index (χ2v) is 5.53. The molecule has 3 rings (SSSR count). The van der Waals surface area contributed by atoms with Crippen molar-refractivity contribution in [3.8, 4) is 11.5 Å². The Morgan fingerprint density at radius 1 is 1.08 bits per heavy atom. The van der Waals surface area contributed by atoms with Crippen molar-refractivity contribution in [2.45, 2.75) is 12.3 Å². The number of nitrogens with one attached hydrogen (secondary N) is 2. The molecule has 8 heteroatoms. The molecule has 1 heterocycles. The van der Waals surface area contributed by atoms with Crippen LogP contribution in [0.4, 0.5) is 5.69 Å². The fourth-order valence-electron chi connectivity index (χ4n) is 2.68. The van der Waals surface area contributed by atoms with Gasteiger partial charge in [-0.15, -0.1) is 10.2 Å². The van der Waals surface area contributed by atoms with Gasteiger partial charge < -0.3 is 14.8 Å². The van der Waals surface area contributed by atoms with Gasteiger partial charge in [-0.25, -0.2) is 0 Å². The van der Waals surface area contributed by atoms with Crippen molar-refractivity contribution in [2.24, 2.45) is 0 Å². The summed E-state index contributed by atoms with van der Waals surface area (Å²) in [5.41, 5.74) is 1.45. The summed E-state index contributed by atoms with van der Waals surface area (Å²) in [6.45, 7) is 0. The van der Waals surface area contributed by atoms with E-state index in [1.54, 1.807) is 26.4 Å². The largest absolute Gasteiger partial charge is 0.496 e. The van der Waals surface area contributed by atoms with Crippen LogP contribution in [0.1, 0.15) is 17.3 Å². The molecule has 8 nitrogen and oxygen atoms in total. The number of carbonyl (C=O) groups excluding carboxylic acids is 1. The molecular weight excluding hydrogens is 334 g/mol. The summed E-state index contributed by atoms with van der Waals surface area (Å²) in [7, 11) is 3.15. The monoisotopic (exact) mass is 353 g/mol. The highest BCUT2D eigenvalue weighted by Crippen LogP contribution is 2.28. The zero-order chi connectivity index (χ0) is 18.4. The molecule has 134 valence electrons. The van der Waals surface area contributed by atoms with E-state index in [0.29, 0.717) is 29.4 Å². The molecule has 3 aromatic rings. The summed E-state index contributed by atoms with van der Waals surface area (Å²) in [4.78, 5) is 13.0. The molecule has 0 aliphatic rings. The van der Waals surface area contributed by atoms with Gasteiger partial charge in [-0.2, -0.15) is 5.21 Å². The molecule has 26 heavy (non-hydrogen) atoms. The van der Waals surface area contributed by atoms with Crippen LogP contribution < -0.4 is 14.8 Å². The van der Waals surface area contributed by atoms with Crippen molar-refractivity contribution in [3.05, 3.63) is 59.9 Å². The number of anilines is 1. The Morgan fingerprint density at radius 2 is 1.77 bits per heavy atom. The van der Waals surface area contributed by atoms with Gasteiger partial charge in [0.25, 0.3) is 0 Å². The molecule has 0 bridgehead atoms. The van der Waals surface area contributed by atoms with Crippen LogP contribution in [0.2, 0.25) is 0 Å². The predicted molar refractivity (Wildman–Crippen MR) is 95.2 cm³/mol. The van der Waals surface area contributed by atoms with Gasteiger partial charge in [-0.1, -0.05) is 35.5 Å². The van der Waals surface area contributed by atoms with Gasteiger partial charge in [0, 0.05) is 0 Å². The summed E-state index contributed by atoms with van der Waals surface area (Å²) in [5.74, 6) is 0.677. The Labute approximate surface area is 150 Å². The van der Waals surface area contributed by atoms with Gasteiger partial charge in [0.05, 0.1) is 19.9 Å². The molecule has 2 aromatic carbocycles. The first-order chi connectivity index (χ1) is 12.7. The van der Waals surface area contributed by atoms with E-state index in [0.717, 1.165) is 5.56 Å². The fourth-order valence-corrected chi connectivity index (χ4v) is 2.68. The fraction of sp³-hybridized carbons (Fsp3) is 0.222. The maximum atomic E-state index is 13.0. The highest BCUT2D eigenvalue weighted by atomic mass is 16.5. The second-order valence-electron chi connectivity index (χ2n) is 5.53. The number of H-pyrrole nitrogens is 1. The quantitative estimate of drug-likeness (QED) is 0.675. The summed E-state index contributed by atoms with van der Waals surface area (Å²) < 4.78 is 10.7. The minimum atomic E-state index is -0.644. The number of hydrogen-bond acceptors (Lipinski definition) is 6. The lowest BCUT2D eigenvalue weighted by Gasteiger charge is -2.16. The third-order valence-electron chi connectivity index (χ3n) is 3.97. The maximum absolute atomic E-state index is 13.0. The summed E-state index contributed by atoms with van der Waals surface area (Å²) in [6, 6.07) is 14.7. The third-order valence-corrected chi connectivity index (χ3v) is 3.97. The Bertz CT molecular complexity index is 867. The van der Waals surface area contributed by atoms with E-state index in [9.17, 15) is 4.79 Å². The molecule has 0 spiro atoms. The number of hydrogen-bond donors (Lipinski definition) is 2. The van der Waals surface area contributed by atoms with E-state index < -0.39 is 5.92 Å². The summed E-state index contributed by atoms with van der Waals surface area (Å²) in [6.07, 6.45) is 0.366. The van der Waals surface area contributed by atoms with E-state index in [-0.39, 0.29) is 5.91 Å². The van der Waals surface area contributed by atoms with Crippen molar-refractivity contribution < 1.29 is 14.3 Å². The van der Waals surface area contributed by atoms with Crippen molar-refractivity contribution in [3.63, 3.8) is 0 Å². The van der Waals surface area contributed by atoms with Crippen LogP contribution in [0.5, 0.6) is 11.5 Å². The topological polar surface area (TPSA) is 102 Å². The molecule has 0 saturated heterocycles. The number of benzene rings is 2. The Kier molecular flexibility index (Phi) is 5.43. The number of aromatic nitrogens is 4. The zero-order valence-corrected chi connectivity index (χ0v) is 14.5. The highest BCUT2D eigenvalue weighted by molar-refractivity contribution is 5.96. The Hall–Kier alpha value is -3.42. The third kappa shape index (κ3) is 3.80. The number of nitrogens with zero attached hydrogens (tertiary/aromatic N) is 3. The standard InChI is InChI=1S/C18H19N5O3/c1-25-15-9-5-3-7-12(15)11-13(17-20-22-23-21-17)18(24)19-14-8-4-6-10-16(14)26-2/h3-10,13H,11H2,1-2H3,(H,19,24)(H,20,21,22,23)/t13-/m1/s1. The molecule has 0 fully saturated rings. The smallest absolute Gasteiger partial charge is 0.235 e. The molecule has 0 aliphatic heterocycles. The van der Waals surface area contributed by atoms with Crippen LogP contribution in [0.25, 0.3) is 0 Å². The first kappa shape index (κ1) is 17.4. The summed E-state index contributed by atoms with van der Waals surface area (Å²) in [5, 5.41) is 16.8. The van der Waals surface area contributed by atoms with Gasteiger partial charge in [-0.3, -0.25) is 4.79 Å². The van der Waals surface area contributed by atoms with Gasteiger partial charge in [-0.05, 0) is 30.2 Å².